The SMILES string of the molecule is CC(=NNC(=O)CSc1nnc(-c2cccnc2)n1-c1ccc(Br)cc1)c1ccc([N+](=O)[O-])cc1. The number of hydrazone groups is 1. The molecule has 0 bridgehead atoms. The van der Waals surface area contributed by atoms with Crippen LogP contribution in [0.2, 0.25) is 0 Å². The summed E-state index contributed by atoms with van der Waals surface area (Å²) in [4.78, 5) is 27.0. The molecule has 12 heteroatoms. The molecular weight excluding hydrogens is 534 g/mol. The van der Waals surface area contributed by atoms with Crippen LogP contribution in [-0.2, 0) is 4.79 Å². The number of thioether (sulfide) groups is 1. The van der Waals surface area contributed by atoms with Crippen molar-refractivity contribution in [3.63, 3.8) is 0 Å². The van der Waals surface area contributed by atoms with Crippen molar-refractivity contribution in [1.82, 2.24) is 25.2 Å². The molecule has 2 aromatic carbocycles. The van der Waals surface area contributed by atoms with Crippen molar-refractivity contribution >= 4 is 45.0 Å². The highest BCUT2D eigenvalue weighted by molar-refractivity contribution is 9.10. The van der Waals surface area contributed by atoms with Crippen LogP contribution in [0.5, 0.6) is 0 Å². The van der Waals surface area contributed by atoms with Crippen molar-refractivity contribution in [2.24, 2.45) is 5.10 Å². The number of hydrogen-bond acceptors (Lipinski definition) is 8. The lowest BCUT2D eigenvalue weighted by Gasteiger charge is -2.10. The number of carbonyl (C=O) groups excluding carboxylic acids is 1. The zero-order valence-corrected chi connectivity index (χ0v) is 20.7. The van der Waals surface area contributed by atoms with E-state index in [9.17, 15) is 14.9 Å². The largest absolute Gasteiger partial charge is 0.272 e. The van der Waals surface area contributed by atoms with E-state index >= 15 is 0 Å². The fourth-order valence-electron chi connectivity index (χ4n) is 3.07. The summed E-state index contributed by atoms with van der Waals surface area (Å²) < 4.78 is 2.80. The number of hydrogen-bond donors (Lipinski definition) is 1. The van der Waals surface area contributed by atoms with Crippen LogP contribution in [0.1, 0.15) is 12.5 Å². The van der Waals surface area contributed by atoms with Gasteiger partial charge in [-0.3, -0.25) is 24.5 Å². The Hall–Kier alpha value is -3.90. The number of benzene rings is 2. The number of nitro groups is 1. The van der Waals surface area contributed by atoms with E-state index in [-0.39, 0.29) is 17.3 Å². The Morgan fingerprint density at radius 1 is 1.14 bits per heavy atom. The Balaban J connectivity index is 1.48. The third-order valence-corrected chi connectivity index (χ3v) is 6.27. The minimum atomic E-state index is -0.470. The molecule has 0 radical (unpaired) electrons. The lowest BCUT2D eigenvalue weighted by Crippen LogP contribution is -2.21. The Labute approximate surface area is 212 Å². The molecule has 0 saturated carbocycles. The van der Waals surface area contributed by atoms with Crippen molar-refractivity contribution in [3.8, 4) is 17.1 Å². The molecule has 0 saturated heterocycles. The van der Waals surface area contributed by atoms with E-state index in [4.69, 9.17) is 0 Å². The second-order valence-corrected chi connectivity index (χ2v) is 9.04. The molecule has 4 aromatic rings. The van der Waals surface area contributed by atoms with E-state index in [2.05, 4.69) is 41.6 Å². The first-order valence-corrected chi connectivity index (χ1v) is 12.0. The maximum Gasteiger partial charge on any atom is 0.269 e. The molecule has 0 fully saturated rings. The topological polar surface area (TPSA) is 128 Å². The first-order valence-electron chi connectivity index (χ1n) is 10.2. The summed E-state index contributed by atoms with van der Waals surface area (Å²) in [5.74, 6) is 0.332. The summed E-state index contributed by atoms with van der Waals surface area (Å²) >= 11 is 4.67. The zero-order chi connectivity index (χ0) is 24.8. The minimum Gasteiger partial charge on any atom is -0.272 e. The Kier molecular flexibility index (Phi) is 7.63. The highest BCUT2D eigenvalue weighted by Gasteiger charge is 2.17. The molecule has 1 N–H and O–H groups in total. The van der Waals surface area contributed by atoms with Crippen LogP contribution in [0.4, 0.5) is 5.69 Å². The molecule has 2 aromatic heterocycles. The van der Waals surface area contributed by atoms with Gasteiger partial charge in [0.15, 0.2) is 11.0 Å². The summed E-state index contributed by atoms with van der Waals surface area (Å²) in [6, 6.07) is 17.3. The number of non-ortho nitro benzene ring substituents is 1. The summed E-state index contributed by atoms with van der Waals surface area (Å²) in [5, 5.41) is 24.1. The Morgan fingerprint density at radius 3 is 2.54 bits per heavy atom. The first-order chi connectivity index (χ1) is 16.9. The molecular formula is C23H18BrN7O3S. The van der Waals surface area contributed by atoms with Crippen molar-refractivity contribution in [2.45, 2.75) is 12.1 Å². The molecule has 4 rings (SSSR count). The molecule has 35 heavy (non-hydrogen) atoms. The van der Waals surface area contributed by atoms with Gasteiger partial charge in [0.1, 0.15) is 0 Å². The highest BCUT2D eigenvalue weighted by Crippen LogP contribution is 2.28. The molecule has 1 amide bonds. The molecule has 0 aliphatic carbocycles. The maximum atomic E-state index is 12.5. The molecule has 2 heterocycles. The van der Waals surface area contributed by atoms with Gasteiger partial charge in [0, 0.05) is 40.2 Å². The molecule has 0 spiro atoms. The summed E-state index contributed by atoms with van der Waals surface area (Å²) in [5.41, 5.74) is 5.33. The molecule has 0 unspecified atom stereocenters. The summed E-state index contributed by atoms with van der Waals surface area (Å²) in [6.07, 6.45) is 3.39. The van der Waals surface area contributed by atoms with Crippen molar-refractivity contribution in [2.75, 3.05) is 5.75 Å². The third kappa shape index (κ3) is 5.97. The smallest absolute Gasteiger partial charge is 0.269 e. The van der Waals surface area contributed by atoms with E-state index in [1.807, 2.05) is 41.0 Å². The van der Waals surface area contributed by atoms with Gasteiger partial charge in [-0.05, 0) is 61.0 Å². The van der Waals surface area contributed by atoms with Gasteiger partial charge in [-0.15, -0.1) is 10.2 Å². The van der Waals surface area contributed by atoms with Crippen LogP contribution >= 0.6 is 27.7 Å². The van der Waals surface area contributed by atoms with Gasteiger partial charge in [0.05, 0.1) is 16.4 Å². The fraction of sp³-hybridized carbons (Fsp3) is 0.0870. The number of carbonyl (C=O) groups is 1. The van der Waals surface area contributed by atoms with Crippen molar-refractivity contribution in [1.29, 1.82) is 0 Å². The standard InChI is InChI=1S/C23H18BrN7O3S/c1-15(16-4-8-20(9-5-16)31(33)34)26-27-21(32)14-35-23-29-28-22(17-3-2-12-25-13-17)30(23)19-10-6-18(24)7-11-19/h2-13H,14H2,1H3,(H,27,32). The van der Waals surface area contributed by atoms with Crippen LogP contribution in [-0.4, -0.2) is 42.0 Å². The number of pyridine rings is 1. The molecule has 0 aliphatic rings. The number of halogens is 1. The van der Waals surface area contributed by atoms with Gasteiger partial charge >= 0.3 is 0 Å². The van der Waals surface area contributed by atoms with Crippen LogP contribution in [0, 0.1) is 10.1 Å². The molecule has 0 atom stereocenters. The zero-order valence-electron chi connectivity index (χ0n) is 18.3. The third-order valence-electron chi connectivity index (χ3n) is 4.81. The van der Waals surface area contributed by atoms with Gasteiger partial charge in [-0.1, -0.05) is 27.7 Å². The van der Waals surface area contributed by atoms with E-state index < -0.39 is 4.92 Å². The maximum absolute atomic E-state index is 12.5. The number of nitrogens with one attached hydrogen (secondary N) is 1. The van der Waals surface area contributed by atoms with Crippen LogP contribution < -0.4 is 5.43 Å². The lowest BCUT2D eigenvalue weighted by molar-refractivity contribution is -0.384. The number of nitro benzene ring substituents is 1. The Morgan fingerprint density at radius 2 is 1.89 bits per heavy atom. The normalized spacial score (nSPS) is 11.3. The number of aromatic nitrogens is 4. The van der Waals surface area contributed by atoms with Crippen molar-refractivity contribution < 1.29 is 9.72 Å². The Bertz CT molecular complexity index is 1370. The first kappa shape index (κ1) is 24.2. The van der Waals surface area contributed by atoms with Gasteiger partial charge in [-0.25, -0.2) is 5.43 Å². The summed E-state index contributed by atoms with van der Waals surface area (Å²) in [7, 11) is 0. The number of rotatable bonds is 8. The van der Waals surface area contributed by atoms with Gasteiger partial charge in [0.2, 0.25) is 0 Å². The summed E-state index contributed by atoms with van der Waals surface area (Å²) in [6.45, 7) is 1.71. The number of nitrogens with zero attached hydrogens (tertiary/aromatic N) is 6. The van der Waals surface area contributed by atoms with Gasteiger partial charge in [-0.2, -0.15) is 5.10 Å². The van der Waals surface area contributed by atoms with E-state index in [0.29, 0.717) is 22.3 Å². The molecule has 176 valence electrons. The molecule has 0 aliphatic heterocycles. The fourth-order valence-corrected chi connectivity index (χ4v) is 4.07. The van der Waals surface area contributed by atoms with Crippen molar-refractivity contribution in [3.05, 3.63) is 93.2 Å². The monoisotopic (exact) mass is 551 g/mol. The van der Waals surface area contributed by atoms with Gasteiger partial charge < -0.3 is 0 Å². The highest BCUT2D eigenvalue weighted by atomic mass is 79.9. The average Bonchev–Trinajstić information content (AvgIpc) is 3.31. The second kappa shape index (κ2) is 11.0. The molecule has 10 nitrogen and oxygen atoms in total. The minimum absolute atomic E-state index is 0.0116. The van der Waals surface area contributed by atoms with Crippen LogP contribution in [0.15, 0.2) is 87.8 Å². The van der Waals surface area contributed by atoms with Crippen LogP contribution in [0.25, 0.3) is 17.1 Å². The second-order valence-electron chi connectivity index (χ2n) is 7.18. The lowest BCUT2D eigenvalue weighted by atomic mass is 10.1. The number of amides is 1. The van der Waals surface area contributed by atoms with Gasteiger partial charge in [0.25, 0.3) is 11.6 Å². The quantitative estimate of drug-likeness (QED) is 0.146. The van der Waals surface area contributed by atoms with Crippen LogP contribution in [0.3, 0.4) is 0 Å². The predicted molar refractivity (Wildman–Crippen MR) is 136 cm³/mol. The average molecular weight is 552 g/mol. The van der Waals surface area contributed by atoms with E-state index in [0.717, 1.165) is 15.7 Å². The van der Waals surface area contributed by atoms with E-state index in [1.54, 1.807) is 31.5 Å². The predicted octanol–water partition coefficient (Wildman–Crippen LogP) is 4.63. The van der Waals surface area contributed by atoms with E-state index in [1.165, 1.54) is 23.9 Å².